The van der Waals surface area contributed by atoms with Crippen molar-refractivity contribution < 1.29 is 35.2 Å². The van der Waals surface area contributed by atoms with Gasteiger partial charge in [-0.2, -0.15) is 47.4 Å². The predicted octanol–water partition coefficient (Wildman–Crippen LogP) is 3.51. The molecule has 4 aromatic rings. The monoisotopic (exact) mass is 552 g/mol. The molecule has 0 atom stereocenters. The summed E-state index contributed by atoms with van der Waals surface area (Å²) in [4.78, 5) is 14.7. The maximum absolute atomic E-state index is 13.0. The average Bonchev–Trinajstić information content (AvgIpc) is 3.55. The first-order valence-corrected chi connectivity index (χ1v) is 10.4. The largest absolute Gasteiger partial charge is 0.433 e. The molecule has 0 N–H and O–H groups in total. The molecule has 0 unspecified atom stereocenters. The smallest absolute Gasteiger partial charge is 0.431 e. The van der Waals surface area contributed by atoms with E-state index in [2.05, 4.69) is 19.9 Å². The number of pyridine rings is 2. The van der Waals surface area contributed by atoms with Crippen LogP contribution >= 0.6 is 0 Å². The van der Waals surface area contributed by atoms with Crippen molar-refractivity contribution in [3.63, 3.8) is 0 Å². The van der Waals surface area contributed by atoms with Crippen LogP contribution in [0.4, 0.5) is 26.3 Å². The Kier molecular flexibility index (Phi) is 6.79. The highest BCUT2D eigenvalue weighted by atomic mass is 19.4. The first-order chi connectivity index (χ1) is 18.9. The van der Waals surface area contributed by atoms with E-state index in [0.717, 1.165) is 24.5 Å². The molecule has 0 spiro atoms. The van der Waals surface area contributed by atoms with Crippen LogP contribution in [-0.4, -0.2) is 19.9 Å². The summed E-state index contributed by atoms with van der Waals surface area (Å²) >= 11 is 0. The summed E-state index contributed by atoms with van der Waals surface area (Å²) in [5.74, 6) is 0. The summed E-state index contributed by atoms with van der Waals surface area (Å²) in [5.41, 5.74) is -6.73. The molecular formula is C24H6F6N8O2. The first-order valence-electron chi connectivity index (χ1n) is 10.4. The van der Waals surface area contributed by atoms with Crippen molar-refractivity contribution in [2.24, 2.45) is 0 Å². The molecule has 4 aromatic heterocycles. The lowest BCUT2D eigenvalue weighted by molar-refractivity contribution is -0.141. The van der Waals surface area contributed by atoms with E-state index < -0.39 is 56.8 Å². The standard InChI is InChI=1S/C24H6F6N8O2/c25-23(26,27)15-3-1-11(9-35-15)17-19(39-21(37-17)13(5-31)6-32)20-18(38-22(40-20)14(7-33)8-34)12-2-4-16(36-10-12)24(28,29)30/h1-4,9-10H/b20-19+. The van der Waals surface area contributed by atoms with Crippen LogP contribution in [0.1, 0.15) is 11.4 Å². The topological polar surface area (TPSA) is 173 Å². The number of hydrogen-bond acceptors (Lipinski definition) is 10. The van der Waals surface area contributed by atoms with Gasteiger partial charge in [-0.15, -0.1) is 0 Å². The van der Waals surface area contributed by atoms with Crippen molar-refractivity contribution in [1.29, 1.82) is 21.0 Å². The Bertz CT molecular complexity index is 1830. The number of rotatable bonds is 2. The third-order valence-electron chi connectivity index (χ3n) is 4.99. The maximum atomic E-state index is 13.0. The van der Waals surface area contributed by atoms with Crippen LogP contribution in [0.3, 0.4) is 0 Å². The van der Waals surface area contributed by atoms with E-state index in [1.54, 1.807) is 0 Å². The van der Waals surface area contributed by atoms with Crippen LogP contribution in [-0.2, 0) is 12.4 Å². The normalized spacial score (nSPS) is 12.1. The Morgan fingerprint density at radius 1 is 0.600 bits per heavy atom. The van der Waals surface area contributed by atoms with E-state index in [4.69, 9.17) is 8.83 Å². The van der Waals surface area contributed by atoms with Gasteiger partial charge in [0.05, 0.1) is 0 Å². The average molecular weight is 552 g/mol. The molecule has 0 bridgehead atoms. The molecule has 16 heteroatoms. The number of alkyl halides is 6. The second kappa shape index (κ2) is 10.0. The second-order valence-corrected chi connectivity index (χ2v) is 7.45. The molecule has 0 saturated heterocycles. The van der Waals surface area contributed by atoms with E-state index in [0.29, 0.717) is 12.1 Å². The molecule has 4 rings (SSSR count). The molecule has 0 fully saturated rings. The van der Waals surface area contributed by atoms with Crippen LogP contribution in [0.15, 0.2) is 45.5 Å². The SMILES string of the molecule is N#CC(C#N)=c1nc(-c2ccc(C(F)(F)F)nc2)/c(=c2\oc(=C(C#N)C#N)nc2-c2ccc(C(F)(F)F)nc2)o1. The lowest BCUT2D eigenvalue weighted by atomic mass is 10.1. The van der Waals surface area contributed by atoms with E-state index >= 15 is 0 Å². The third-order valence-corrected chi connectivity index (χ3v) is 4.99. The lowest BCUT2D eigenvalue weighted by Crippen LogP contribution is -2.07. The van der Waals surface area contributed by atoms with Crippen molar-refractivity contribution in [3.8, 4) is 46.8 Å². The van der Waals surface area contributed by atoms with Crippen LogP contribution in [0, 0.1) is 56.2 Å². The molecular weight excluding hydrogens is 546 g/mol. The number of hydrogen-bond donors (Lipinski definition) is 0. The number of nitrogens with zero attached hydrogens (tertiary/aromatic N) is 8. The quantitative estimate of drug-likeness (QED) is 0.335. The van der Waals surface area contributed by atoms with Gasteiger partial charge in [0.1, 0.15) is 47.1 Å². The second-order valence-electron chi connectivity index (χ2n) is 7.45. The van der Waals surface area contributed by atoms with Crippen LogP contribution in [0.2, 0.25) is 0 Å². The summed E-state index contributed by atoms with van der Waals surface area (Å²) in [6.07, 6.45) is -8.01. The summed E-state index contributed by atoms with van der Waals surface area (Å²) < 4.78 is 89.3. The van der Waals surface area contributed by atoms with Crippen molar-refractivity contribution in [3.05, 3.63) is 70.0 Å². The van der Waals surface area contributed by atoms with Gasteiger partial charge in [0, 0.05) is 23.5 Å². The van der Waals surface area contributed by atoms with Gasteiger partial charge in [-0.25, -0.2) is 9.97 Å². The highest BCUT2D eigenvalue weighted by Crippen LogP contribution is 2.30. The molecule has 0 radical (unpaired) electrons. The van der Waals surface area contributed by atoms with Crippen molar-refractivity contribution >= 4 is 11.1 Å². The zero-order valence-electron chi connectivity index (χ0n) is 19.1. The zero-order chi connectivity index (χ0) is 29.2. The molecule has 0 amide bonds. The fourth-order valence-electron chi connectivity index (χ4n) is 3.20. The molecule has 0 aliphatic carbocycles. The van der Waals surface area contributed by atoms with Gasteiger partial charge in [0.2, 0.25) is 21.9 Å². The Balaban J connectivity index is 2.19. The van der Waals surface area contributed by atoms with E-state index in [9.17, 15) is 47.4 Å². The van der Waals surface area contributed by atoms with E-state index in [1.165, 1.54) is 24.3 Å². The van der Waals surface area contributed by atoms with Crippen molar-refractivity contribution in [2.75, 3.05) is 0 Å². The Hall–Kier alpha value is -6.00. The highest BCUT2D eigenvalue weighted by Gasteiger charge is 2.33. The number of nitriles is 4. The first kappa shape index (κ1) is 27.0. The molecule has 0 aromatic carbocycles. The summed E-state index contributed by atoms with van der Waals surface area (Å²) in [6.45, 7) is 0. The Morgan fingerprint density at radius 3 is 1.20 bits per heavy atom. The van der Waals surface area contributed by atoms with Gasteiger partial charge in [0.25, 0.3) is 0 Å². The molecule has 0 aliphatic heterocycles. The van der Waals surface area contributed by atoms with Crippen molar-refractivity contribution in [1.82, 2.24) is 19.9 Å². The Labute approximate surface area is 216 Å². The van der Waals surface area contributed by atoms with Crippen molar-refractivity contribution in [2.45, 2.75) is 12.4 Å². The van der Waals surface area contributed by atoms with E-state index in [1.807, 2.05) is 0 Å². The van der Waals surface area contributed by atoms with Gasteiger partial charge in [0.15, 0.2) is 11.1 Å². The number of oxazole rings is 2. The fourth-order valence-corrected chi connectivity index (χ4v) is 3.20. The molecule has 4 heterocycles. The minimum absolute atomic E-state index is 0.118. The molecule has 0 aliphatic rings. The predicted molar refractivity (Wildman–Crippen MR) is 116 cm³/mol. The minimum atomic E-state index is -4.78. The third kappa shape index (κ3) is 5.05. The zero-order valence-corrected chi connectivity index (χ0v) is 19.1. The molecule has 40 heavy (non-hydrogen) atoms. The number of halogens is 6. The van der Waals surface area contributed by atoms with Crippen LogP contribution in [0.25, 0.3) is 33.7 Å². The molecule has 0 saturated carbocycles. The number of aromatic nitrogens is 4. The van der Waals surface area contributed by atoms with Crippen LogP contribution in [0.5, 0.6) is 0 Å². The van der Waals surface area contributed by atoms with Gasteiger partial charge < -0.3 is 8.83 Å². The fraction of sp³-hybridized carbons (Fsp3) is 0.0833. The Morgan fingerprint density at radius 2 is 0.950 bits per heavy atom. The summed E-state index contributed by atoms with van der Waals surface area (Å²) in [6, 6.07) is 9.28. The maximum Gasteiger partial charge on any atom is 0.433 e. The van der Waals surface area contributed by atoms with Gasteiger partial charge in [-0.1, -0.05) is 0 Å². The molecule has 10 nitrogen and oxygen atoms in total. The summed E-state index contributed by atoms with van der Waals surface area (Å²) in [5, 5.41) is 37.0. The van der Waals surface area contributed by atoms with E-state index in [-0.39, 0.29) is 22.5 Å². The molecule has 196 valence electrons. The van der Waals surface area contributed by atoms with Crippen LogP contribution < -0.4 is 11.1 Å². The lowest BCUT2D eigenvalue weighted by Gasteiger charge is -2.05. The van der Waals surface area contributed by atoms with Gasteiger partial charge in [-0.3, -0.25) is 9.97 Å². The minimum Gasteiger partial charge on any atom is -0.431 e. The van der Waals surface area contributed by atoms with Gasteiger partial charge >= 0.3 is 12.4 Å². The van der Waals surface area contributed by atoms with Gasteiger partial charge in [-0.05, 0) is 24.3 Å². The highest BCUT2D eigenvalue weighted by molar-refractivity contribution is 5.72. The summed E-state index contributed by atoms with van der Waals surface area (Å²) in [7, 11) is 0.